The number of rotatable bonds is 6. The lowest BCUT2D eigenvalue weighted by Gasteiger charge is -2.19. The molecule has 2 heterocycles. The van der Waals surface area contributed by atoms with E-state index >= 15 is 0 Å². The summed E-state index contributed by atoms with van der Waals surface area (Å²) >= 11 is 12.3. The number of nitrogens with two attached hydrogens (primary N) is 1. The van der Waals surface area contributed by atoms with Gasteiger partial charge in [-0.05, 0) is 45.9 Å². The third-order valence-corrected chi connectivity index (χ3v) is 5.69. The third kappa shape index (κ3) is 4.31. The van der Waals surface area contributed by atoms with Crippen LogP contribution in [0.1, 0.15) is 38.1 Å². The van der Waals surface area contributed by atoms with Crippen LogP contribution >= 0.6 is 23.2 Å². The zero-order valence-corrected chi connectivity index (χ0v) is 18.8. The molecule has 0 bridgehead atoms. The molecule has 0 aliphatic carbocycles. The summed E-state index contributed by atoms with van der Waals surface area (Å²) in [5.74, 6) is -1.26. The van der Waals surface area contributed by atoms with Gasteiger partial charge in [0, 0.05) is 34.1 Å². The van der Waals surface area contributed by atoms with Crippen LogP contribution in [0.3, 0.4) is 0 Å². The first kappa shape index (κ1) is 22.8. The fourth-order valence-electron chi connectivity index (χ4n) is 2.99. The van der Waals surface area contributed by atoms with Crippen molar-refractivity contribution in [2.45, 2.75) is 39.3 Å². The number of ether oxygens (including phenoxy) is 1. The highest BCUT2D eigenvalue weighted by Gasteiger charge is 2.31. The van der Waals surface area contributed by atoms with Crippen LogP contribution in [0.25, 0.3) is 11.1 Å². The van der Waals surface area contributed by atoms with Crippen LogP contribution in [0.2, 0.25) is 10.0 Å². The molecule has 2 aromatic heterocycles. The number of pyridine rings is 1. The molecular formula is C21H21Cl2FN4O3. The highest BCUT2D eigenvalue weighted by molar-refractivity contribution is 6.36. The number of halogens is 3. The number of hydrogen-bond acceptors (Lipinski definition) is 5. The predicted octanol–water partition coefficient (Wildman–Crippen LogP) is 5.24. The summed E-state index contributed by atoms with van der Waals surface area (Å²) in [6.07, 6.45) is 2.45. The number of carboxylic acids is 1. The number of aliphatic carboxylic acids is 1. The molecule has 0 amide bonds. The van der Waals surface area contributed by atoms with Gasteiger partial charge in [0.2, 0.25) is 0 Å². The minimum Gasteiger partial charge on any atom is -0.482 e. The fourth-order valence-corrected chi connectivity index (χ4v) is 3.67. The molecule has 1 atom stereocenters. The van der Waals surface area contributed by atoms with Crippen molar-refractivity contribution in [3.63, 3.8) is 0 Å². The lowest BCUT2D eigenvalue weighted by Crippen LogP contribution is -2.36. The lowest BCUT2D eigenvalue weighted by atomic mass is 10.1. The van der Waals surface area contributed by atoms with E-state index in [9.17, 15) is 14.3 Å². The van der Waals surface area contributed by atoms with Crippen molar-refractivity contribution in [2.75, 3.05) is 5.73 Å². The molecular weight excluding hydrogens is 446 g/mol. The molecule has 0 aliphatic heterocycles. The average molecular weight is 467 g/mol. The van der Waals surface area contributed by atoms with E-state index in [1.54, 1.807) is 40.0 Å². The zero-order chi connectivity index (χ0) is 23.1. The Morgan fingerprint density at radius 2 is 2.03 bits per heavy atom. The number of benzene rings is 1. The standard InChI is InChI=1S/C21H21Cl2FN4O3/c1-10-13(9-28(27-10)21(3,4)20(29)30)12-7-16(19(25)26-8-12)31-11(2)17-14(22)5-6-15(24)18(17)23/h5-9,11H,1-4H3,(H2,25,26)(H,29,30). The second kappa shape index (κ2) is 8.36. The van der Waals surface area contributed by atoms with Gasteiger partial charge in [-0.2, -0.15) is 5.10 Å². The number of aromatic nitrogens is 3. The van der Waals surface area contributed by atoms with Gasteiger partial charge in [-0.15, -0.1) is 0 Å². The minimum atomic E-state index is -1.23. The topological polar surface area (TPSA) is 103 Å². The average Bonchev–Trinajstić information content (AvgIpc) is 3.09. The second-order valence-corrected chi connectivity index (χ2v) is 8.35. The van der Waals surface area contributed by atoms with Crippen LogP contribution in [-0.4, -0.2) is 25.8 Å². The van der Waals surface area contributed by atoms with Crippen molar-refractivity contribution in [1.82, 2.24) is 14.8 Å². The molecule has 3 aromatic rings. The highest BCUT2D eigenvalue weighted by atomic mass is 35.5. The van der Waals surface area contributed by atoms with E-state index in [2.05, 4.69) is 10.1 Å². The summed E-state index contributed by atoms with van der Waals surface area (Å²) in [6.45, 7) is 6.53. The summed E-state index contributed by atoms with van der Waals surface area (Å²) in [6, 6.07) is 4.23. The quantitative estimate of drug-likeness (QED) is 0.481. The first-order valence-corrected chi connectivity index (χ1v) is 10.0. The van der Waals surface area contributed by atoms with Crippen LogP contribution in [-0.2, 0) is 10.3 Å². The van der Waals surface area contributed by atoms with Gasteiger partial charge in [0.1, 0.15) is 11.9 Å². The second-order valence-electron chi connectivity index (χ2n) is 7.56. The van der Waals surface area contributed by atoms with Gasteiger partial charge >= 0.3 is 5.97 Å². The molecule has 3 N–H and O–H groups in total. The van der Waals surface area contributed by atoms with Gasteiger partial charge in [0.05, 0.1) is 10.7 Å². The maximum atomic E-state index is 13.9. The van der Waals surface area contributed by atoms with Gasteiger partial charge < -0.3 is 15.6 Å². The molecule has 7 nitrogen and oxygen atoms in total. The van der Waals surface area contributed by atoms with Gasteiger partial charge in [-0.3, -0.25) is 4.68 Å². The zero-order valence-electron chi connectivity index (χ0n) is 17.3. The van der Waals surface area contributed by atoms with E-state index in [0.29, 0.717) is 22.4 Å². The van der Waals surface area contributed by atoms with E-state index in [1.807, 2.05) is 0 Å². The smallest absolute Gasteiger partial charge is 0.331 e. The van der Waals surface area contributed by atoms with E-state index in [1.165, 1.54) is 23.0 Å². The summed E-state index contributed by atoms with van der Waals surface area (Å²) in [5.41, 5.74) is 6.93. The van der Waals surface area contributed by atoms with Crippen LogP contribution in [0.15, 0.2) is 30.6 Å². The first-order valence-electron chi connectivity index (χ1n) is 9.29. The summed E-state index contributed by atoms with van der Waals surface area (Å²) in [7, 11) is 0. The lowest BCUT2D eigenvalue weighted by molar-refractivity contribution is -0.146. The predicted molar refractivity (Wildman–Crippen MR) is 117 cm³/mol. The van der Waals surface area contributed by atoms with Crippen molar-refractivity contribution in [2.24, 2.45) is 0 Å². The monoisotopic (exact) mass is 466 g/mol. The number of carboxylic acid groups (broad SMARTS) is 1. The van der Waals surface area contributed by atoms with Gasteiger partial charge in [0.25, 0.3) is 0 Å². The molecule has 1 aromatic carbocycles. The van der Waals surface area contributed by atoms with E-state index in [-0.39, 0.29) is 21.6 Å². The third-order valence-electron chi connectivity index (χ3n) is 4.98. The largest absolute Gasteiger partial charge is 0.482 e. The van der Waals surface area contributed by atoms with Crippen molar-refractivity contribution >= 4 is 35.0 Å². The number of nitrogens with zero attached hydrogens (tertiary/aromatic N) is 3. The molecule has 164 valence electrons. The Morgan fingerprint density at radius 1 is 1.35 bits per heavy atom. The minimum absolute atomic E-state index is 0.121. The summed E-state index contributed by atoms with van der Waals surface area (Å²) < 4.78 is 21.2. The molecule has 3 rings (SSSR count). The molecule has 0 aliphatic rings. The summed E-state index contributed by atoms with van der Waals surface area (Å²) in [4.78, 5) is 15.7. The van der Waals surface area contributed by atoms with Crippen molar-refractivity contribution in [1.29, 1.82) is 0 Å². The Kier molecular flexibility index (Phi) is 6.16. The van der Waals surface area contributed by atoms with Crippen LogP contribution in [0.4, 0.5) is 10.2 Å². The van der Waals surface area contributed by atoms with Gasteiger partial charge in [-0.25, -0.2) is 14.2 Å². The first-order chi connectivity index (χ1) is 14.4. The maximum absolute atomic E-state index is 13.9. The molecule has 0 fully saturated rings. The summed E-state index contributed by atoms with van der Waals surface area (Å²) in [5, 5.41) is 13.9. The highest BCUT2D eigenvalue weighted by Crippen LogP contribution is 2.37. The molecule has 0 saturated heterocycles. The fraction of sp³-hybridized carbons (Fsp3) is 0.286. The van der Waals surface area contributed by atoms with Crippen LogP contribution in [0, 0.1) is 12.7 Å². The van der Waals surface area contributed by atoms with Crippen molar-refractivity contribution < 1.29 is 19.0 Å². The normalized spacial score (nSPS) is 12.6. The number of hydrogen-bond donors (Lipinski definition) is 2. The number of aryl methyl sites for hydroxylation is 1. The van der Waals surface area contributed by atoms with Crippen molar-refractivity contribution in [3.05, 3.63) is 57.7 Å². The molecule has 10 heteroatoms. The Bertz CT molecular complexity index is 1160. The Balaban J connectivity index is 1.98. The Morgan fingerprint density at radius 3 is 2.68 bits per heavy atom. The van der Waals surface area contributed by atoms with Crippen LogP contribution in [0.5, 0.6) is 5.75 Å². The molecule has 0 spiro atoms. The number of anilines is 1. The van der Waals surface area contributed by atoms with Gasteiger partial charge in [0.15, 0.2) is 17.1 Å². The maximum Gasteiger partial charge on any atom is 0.331 e. The van der Waals surface area contributed by atoms with Crippen LogP contribution < -0.4 is 10.5 Å². The number of nitrogen functional groups attached to an aromatic ring is 1. The van der Waals surface area contributed by atoms with E-state index < -0.39 is 23.4 Å². The molecule has 31 heavy (non-hydrogen) atoms. The molecule has 0 radical (unpaired) electrons. The Hall–Kier alpha value is -2.84. The van der Waals surface area contributed by atoms with E-state index in [0.717, 1.165) is 0 Å². The van der Waals surface area contributed by atoms with Gasteiger partial charge in [-0.1, -0.05) is 23.2 Å². The Labute approximate surface area is 188 Å². The molecule has 1 unspecified atom stereocenters. The van der Waals surface area contributed by atoms with E-state index in [4.69, 9.17) is 33.7 Å². The molecule has 0 saturated carbocycles. The SMILES string of the molecule is Cc1nn(C(C)(C)C(=O)O)cc1-c1cnc(N)c(OC(C)c2c(Cl)ccc(F)c2Cl)c1. The number of carbonyl (C=O) groups is 1. The van der Waals surface area contributed by atoms with Crippen molar-refractivity contribution in [3.8, 4) is 16.9 Å².